The van der Waals surface area contributed by atoms with Crippen LogP contribution >= 0.6 is 0 Å². The molecule has 1 amide bonds. The van der Waals surface area contributed by atoms with E-state index in [1.165, 1.54) is 0 Å². The molecule has 25 heavy (non-hydrogen) atoms. The minimum atomic E-state index is -1.83. The van der Waals surface area contributed by atoms with Gasteiger partial charge in [-0.25, -0.2) is 4.79 Å². The van der Waals surface area contributed by atoms with Crippen molar-refractivity contribution in [2.45, 2.75) is 32.2 Å². The van der Waals surface area contributed by atoms with Crippen LogP contribution in [0, 0.1) is 0 Å². The summed E-state index contributed by atoms with van der Waals surface area (Å²) in [5.41, 5.74) is 14.8. The fourth-order valence-corrected chi connectivity index (χ4v) is 2.46. The second-order valence-corrected chi connectivity index (χ2v) is 5.65. The Bertz CT molecular complexity index is 681. The van der Waals surface area contributed by atoms with Crippen LogP contribution in [-0.4, -0.2) is 40.6 Å². The van der Waals surface area contributed by atoms with Gasteiger partial charge in [-0.15, -0.1) is 0 Å². The molecule has 0 spiro atoms. The molecule has 0 unspecified atom stereocenters. The maximum absolute atomic E-state index is 12.0. The summed E-state index contributed by atoms with van der Waals surface area (Å²) in [4.78, 5) is 32.1. The van der Waals surface area contributed by atoms with Crippen LogP contribution in [0.5, 0.6) is 0 Å². The first-order valence-electron chi connectivity index (χ1n) is 7.77. The third-order valence-electron chi connectivity index (χ3n) is 3.60. The predicted octanol–water partition coefficient (Wildman–Crippen LogP) is 1.44. The van der Waals surface area contributed by atoms with Crippen LogP contribution in [0.2, 0.25) is 0 Å². The number of hydrogen-bond acceptors (Lipinski definition) is 5. The quantitative estimate of drug-likeness (QED) is 0.538. The minimum Gasteiger partial charge on any atom is -0.450 e. The zero-order chi connectivity index (χ0) is 19.0. The van der Waals surface area contributed by atoms with Crippen LogP contribution in [0.25, 0.3) is 5.57 Å². The summed E-state index contributed by atoms with van der Waals surface area (Å²) in [7, 11) is 0. The summed E-state index contributed by atoms with van der Waals surface area (Å²) in [6.07, 6.45) is 1.48. The van der Waals surface area contributed by atoms with E-state index in [-0.39, 0.29) is 11.7 Å². The first kappa shape index (κ1) is 20.3. The highest BCUT2D eigenvalue weighted by atomic mass is 16.6. The molecule has 1 aromatic carbocycles. The Labute approximate surface area is 145 Å². The predicted molar refractivity (Wildman–Crippen MR) is 94.4 cm³/mol. The Morgan fingerprint density at radius 3 is 2.56 bits per heavy atom. The van der Waals surface area contributed by atoms with E-state index in [0.717, 1.165) is 23.1 Å². The van der Waals surface area contributed by atoms with Crippen LogP contribution in [-0.2, 0) is 16.0 Å². The van der Waals surface area contributed by atoms with Gasteiger partial charge >= 0.3 is 6.16 Å². The third-order valence-corrected chi connectivity index (χ3v) is 3.60. The number of amides is 1. The van der Waals surface area contributed by atoms with Gasteiger partial charge in [0.25, 0.3) is 0 Å². The summed E-state index contributed by atoms with van der Waals surface area (Å²) in [6.45, 7) is 2.43. The Morgan fingerprint density at radius 1 is 1.32 bits per heavy atom. The summed E-state index contributed by atoms with van der Waals surface area (Å²) in [6, 6.07) is 5.04. The molecule has 8 heteroatoms. The largest absolute Gasteiger partial charge is 0.503 e. The van der Waals surface area contributed by atoms with Crippen molar-refractivity contribution >= 4 is 29.1 Å². The van der Waals surface area contributed by atoms with Gasteiger partial charge in [-0.1, -0.05) is 6.07 Å². The molecular weight excluding hydrogens is 326 g/mol. The summed E-state index contributed by atoms with van der Waals surface area (Å²) in [5.74, 6) is -0.138. The molecule has 0 saturated carbocycles. The van der Waals surface area contributed by atoms with E-state index >= 15 is 0 Å². The molecule has 8 nitrogen and oxygen atoms in total. The van der Waals surface area contributed by atoms with Crippen molar-refractivity contribution in [2.24, 2.45) is 11.5 Å². The lowest BCUT2D eigenvalue weighted by atomic mass is 9.90. The summed E-state index contributed by atoms with van der Waals surface area (Å²) >= 11 is 0. The van der Waals surface area contributed by atoms with Crippen LogP contribution < -0.4 is 16.8 Å². The second-order valence-electron chi connectivity index (χ2n) is 5.65. The van der Waals surface area contributed by atoms with Crippen molar-refractivity contribution in [1.29, 1.82) is 0 Å². The molecule has 0 heterocycles. The fraction of sp³-hybridized carbons (Fsp3) is 0.353. The van der Waals surface area contributed by atoms with E-state index in [0.29, 0.717) is 25.1 Å². The lowest BCUT2D eigenvalue weighted by Gasteiger charge is -2.17. The van der Waals surface area contributed by atoms with Gasteiger partial charge in [-0.3, -0.25) is 9.59 Å². The van der Waals surface area contributed by atoms with Gasteiger partial charge in [-0.05, 0) is 61.2 Å². The molecular formula is C17H23N3O5. The van der Waals surface area contributed by atoms with Crippen LogP contribution in [0.3, 0.4) is 0 Å². The maximum atomic E-state index is 12.0. The molecule has 0 bridgehead atoms. The van der Waals surface area contributed by atoms with Gasteiger partial charge < -0.3 is 27.0 Å². The van der Waals surface area contributed by atoms with Gasteiger partial charge in [-0.2, -0.15) is 0 Å². The molecule has 0 fully saturated rings. The van der Waals surface area contributed by atoms with Gasteiger partial charge in [0.05, 0.1) is 6.04 Å². The highest BCUT2D eigenvalue weighted by Crippen LogP contribution is 2.27. The van der Waals surface area contributed by atoms with Gasteiger partial charge in [0.15, 0.2) is 5.78 Å². The highest BCUT2D eigenvalue weighted by Gasteiger charge is 2.17. The Hall–Kier alpha value is -2.71. The third kappa shape index (κ3) is 6.74. The average molecular weight is 349 g/mol. The monoisotopic (exact) mass is 349 g/mol. The molecule has 0 radical (unpaired) electrons. The lowest BCUT2D eigenvalue weighted by Crippen LogP contribution is -2.36. The molecule has 0 aliphatic heterocycles. The van der Waals surface area contributed by atoms with Crippen LogP contribution in [0.1, 0.15) is 30.9 Å². The fourth-order valence-electron chi connectivity index (χ4n) is 2.46. The van der Waals surface area contributed by atoms with Gasteiger partial charge in [0, 0.05) is 12.1 Å². The van der Waals surface area contributed by atoms with Crippen LogP contribution in [0.15, 0.2) is 24.3 Å². The average Bonchev–Trinajstić information content (AvgIpc) is 2.51. The molecule has 1 aliphatic carbocycles. The topological polar surface area (TPSA) is 156 Å². The second kappa shape index (κ2) is 9.55. The SMILES string of the molecule is CC1=CC(=O)Cc2cc(NC(=O)[C@@H](N)CCCN)ccc21.O=C(O)O. The standard InChI is InChI=1S/C16H21N3O2.CH2O3/c1-10-7-13(20)9-11-8-12(4-5-14(10)11)19-16(21)15(18)3-2-6-17;2-1(3)4/h4-5,7-8,15H,2-3,6,9,17-18H2,1H3,(H,19,21);(H2,2,3,4)/t15-;/m0./s1. The molecule has 1 atom stereocenters. The zero-order valence-electron chi connectivity index (χ0n) is 14.0. The summed E-state index contributed by atoms with van der Waals surface area (Å²) in [5, 5.41) is 16.7. The van der Waals surface area contributed by atoms with Crippen molar-refractivity contribution in [3.05, 3.63) is 35.4 Å². The molecule has 2 rings (SSSR count). The number of ketones is 1. The van der Waals surface area contributed by atoms with E-state index in [4.69, 9.17) is 26.5 Å². The number of allylic oxidation sites excluding steroid dienone is 2. The first-order valence-corrected chi connectivity index (χ1v) is 7.77. The minimum absolute atomic E-state index is 0.0862. The lowest BCUT2D eigenvalue weighted by molar-refractivity contribution is -0.117. The summed E-state index contributed by atoms with van der Waals surface area (Å²) < 4.78 is 0. The van der Waals surface area contributed by atoms with E-state index in [9.17, 15) is 9.59 Å². The maximum Gasteiger partial charge on any atom is 0.503 e. The van der Waals surface area contributed by atoms with Gasteiger partial charge in [0.2, 0.25) is 5.91 Å². The molecule has 0 saturated heterocycles. The zero-order valence-corrected chi connectivity index (χ0v) is 14.0. The highest BCUT2D eigenvalue weighted by molar-refractivity contribution is 6.02. The number of hydrogen-bond donors (Lipinski definition) is 5. The number of carbonyl (C=O) groups excluding carboxylic acids is 2. The van der Waals surface area contributed by atoms with Crippen LogP contribution in [0.4, 0.5) is 10.5 Å². The van der Waals surface area contributed by atoms with Crippen molar-refractivity contribution < 1.29 is 24.6 Å². The number of benzene rings is 1. The van der Waals surface area contributed by atoms with Crippen molar-refractivity contribution in [3.63, 3.8) is 0 Å². The van der Waals surface area contributed by atoms with Crippen molar-refractivity contribution in [3.8, 4) is 0 Å². The number of carbonyl (C=O) groups is 3. The number of nitrogens with two attached hydrogens (primary N) is 2. The van der Waals surface area contributed by atoms with Crippen molar-refractivity contribution in [2.75, 3.05) is 11.9 Å². The van der Waals surface area contributed by atoms with Gasteiger partial charge in [0.1, 0.15) is 0 Å². The van der Waals surface area contributed by atoms with Crippen molar-refractivity contribution in [1.82, 2.24) is 0 Å². The first-order chi connectivity index (χ1) is 11.7. The number of nitrogens with one attached hydrogen (secondary N) is 1. The normalized spacial score (nSPS) is 13.7. The molecule has 7 N–H and O–H groups in total. The van der Waals surface area contributed by atoms with E-state index < -0.39 is 12.2 Å². The Kier molecular flexibility index (Phi) is 7.77. The molecule has 136 valence electrons. The Balaban J connectivity index is 0.000000705. The van der Waals surface area contributed by atoms with E-state index in [1.807, 2.05) is 25.1 Å². The van der Waals surface area contributed by atoms with E-state index in [2.05, 4.69) is 5.32 Å². The molecule has 1 aromatic rings. The Morgan fingerprint density at radius 2 is 1.96 bits per heavy atom. The smallest absolute Gasteiger partial charge is 0.450 e. The number of fused-ring (bicyclic) bond motifs is 1. The molecule has 0 aromatic heterocycles. The molecule has 1 aliphatic rings. The number of anilines is 1. The number of carboxylic acid groups (broad SMARTS) is 2. The number of rotatable bonds is 5. The van der Waals surface area contributed by atoms with E-state index in [1.54, 1.807) is 6.08 Å².